The van der Waals surface area contributed by atoms with Gasteiger partial charge in [-0.3, -0.25) is 4.79 Å². The van der Waals surface area contributed by atoms with Gasteiger partial charge in [-0.05, 0) is 44.9 Å². The van der Waals surface area contributed by atoms with Crippen molar-refractivity contribution in [2.75, 3.05) is 13.2 Å². The van der Waals surface area contributed by atoms with Gasteiger partial charge in [-0.1, -0.05) is 244 Å². The number of hydrogen-bond donors (Lipinski definition) is 6. The topological polar surface area (TPSA) is 149 Å². The summed E-state index contributed by atoms with van der Waals surface area (Å²) < 4.78 is 11.2. The maximum atomic E-state index is 13.0. The van der Waals surface area contributed by atoms with Crippen LogP contribution >= 0.6 is 0 Å². The molecule has 0 aromatic carbocycles. The van der Waals surface area contributed by atoms with E-state index in [-0.39, 0.29) is 12.5 Å². The van der Waals surface area contributed by atoms with Crippen molar-refractivity contribution in [2.45, 2.75) is 314 Å². The molecule has 1 amide bonds. The quantitative estimate of drug-likeness (QED) is 0.0261. The number of hydrogen-bond acceptors (Lipinski definition) is 8. The van der Waals surface area contributed by atoms with E-state index in [1.54, 1.807) is 6.08 Å². The van der Waals surface area contributed by atoms with Gasteiger partial charge >= 0.3 is 0 Å². The van der Waals surface area contributed by atoms with Crippen LogP contribution in [0.25, 0.3) is 0 Å². The number of amides is 1. The summed E-state index contributed by atoms with van der Waals surface area (Å²) in [5, 5.41) is 54.4. The molecule has 6 N–H and O–H groups in total. The van der Waals surface area contributed by atoms with E-state index in [1.165, 1.54) is 212 Å². The van der Waals surface area contributed by atoms with E-state index >= 15 is 0 Å². The van der Waals surface area contributed by atoms with E-state index in [0.29, 0.717) is 6.42 Å². The summed E-state index contributed by atoms with van der Waals surface area (Å²) in [4.78, 5) is 13.0. The van der Waals surface area contributed by atoms with Crippen LogP contribution in [0.3, 0.4) is 0 Å². The molecular weight excluding hydrogens is 815 g/mol. The Morgan fingerprint density at radius 1 is 0.508 bits per heavy atom. The normalized spacial score (nSPS) is 20.0. The third-order valence-corrected chi connectivity index (χ3v) is 13.5. The molecule has 65 heavy (non-hydrogen) atoms. The summed E-state index contributed by atoms with van der Waals surface area (Å²) in [6.45, 7) is 3.80. The largest absolute Gasteiger partial charge is 0.394 e. The maximum absolute atomic E-state index is 13.0. The van der Waals surface area contributed by atoms with Gasteiger partial charge in [0.05, 0.1) is 25.4 Å². The molecule has 1 aliphatic heterocycles. The van der Waals surface area contributed by atoms with Crippen molar-refractivity contribution >= 4 is 5.91 Å². The lowest BCUT2D eigenvalue weighted by Crippen LogP contribution is -2.60. The van der Waals surface area contributed by atoms with Gasteiger partial charge in [0.25, 0.3) is 0 Å². The molecule has 1 fully saturated rings. The molecule has 9 heteroatoms. The van der Waals surface area contributed by atoms with E-state index in [9.17, 15) is 30.3 Å². The Morgan fingerprint density at radius 3 is 1.25 bits per heavy atom. The van der Waals surface area contributed by atoms with Gasteiger partial charge in [-0.15, -0.1) is 0 Å². The zero-order valence-electron chi connectivity index (χ0n) is 42.5. The van der Waals surface area contributed by atoms with E-state index in [1.807, 2.05) is 6.08 Å². The minimum absolute atomic E-state index is 0.174. The lowest BCUT2D eigenvalue weighted by molar-refractivity contribution is -0.302. The molecule has 0 bridgehead atoms. The highest BCUT2D eigenvalue weighted by Gasteiger charge is 2.44. The van der Waals surface area contributed by atoms with Gasteiger partial charge in [0.15, 0.2) is 6.29 Å². The van der Waals surface area contributed by atoms with Crippen LogP contribution in [0.1, 0.15) is 271 Å². The fraction of sp³-hybridized carbons (Fsp3) is 0.911. The molecule has 1 heterocycles. The third kappa shape index (κ3) is 36.3. The maximum Gasteiger partial charge on any atom is 0.220 e. The van der Waals surface area contributed by atoms with Gasteiger partial charge in [0, 0.05) is 6.42 Å². The van der Waals surface area contributed by atoms with Crippen molar-refractivity contribution in [2.24, 2.45) is 0 Å². The van der Waals surface area contributed by atoms with Gasteiger partial charge < -0.3 is 40.3 Å². The second-order valence-electron chi connectivity index (χ2n) is 19.7. The summed E-state index contributed by atoms with van der Waals surface area (Å²) in [7, 11) is 0. The van der Waals surface area contributed by atoms with Gasteiger partial charge in [0.2, 0.25) is 5.91 Å². The molecule has 0 aliphatic carbocycles. The Bertz CT molecular complexity index is 1070. The molecule has 384 valence electrons. The molecule has 0 aromatic rings. The molecule has 7 unspecified atom stereocenters. The first kappa shape index (κ1) is 61.7. The minimum Gasteiger partial charge on any atom is -0.394 e. The van der Waals surface area contributed by atoms with Crippen LogP contribution in [0.15, 0.2) is 24.3 Å². The van der Waals surface area contributed by atoms with Crippen LogP contribution in [-0.2, 0) is 14.3 Å². The number of ether oxygens (including phenoxy) is 2. The average molecular weight is 922 g/mol. The second kappa shape index (κ2) is 46.4. The Balaban J connectivity index is 2.18. The lowest BCUT2D eigenvalue weighted by atomic mass is 9.99. The van der Waals surface area contributed by atoms with Crippen molar-refractivity contribution in [3.8, 4) is 0 Å². The van der Waals surface area contributed by atoms with Gasteiger partial charge in [-0.2, -0.15) is 0 Å². The van der Waals surface area contributed by atoms with Crippen molar-refractivity contribution < 1.29 is 39.8 Å². The fourth-order valence-corrected chi connectivity index (χ4v) is 9.04. The first-order valence-electron chi connectivity index (χ1n) is 28.1. The number of aliphatic hydroxyl groups excluding tert-OH is 5. The summed E-state index contributed by atoms with van der Waals surface area (Å²) >= 11 is 0. The molecule has 0 aromatic heterocycles. The first-order valence-corrected chi connectivity index (χ1v) is 28.1. The smallest absolute Gasteiger partial charge is 0.220 e. The summed E-state index contributed by atoms with van der Waals surface area (Å²) in [5.41, 5.74) is 0. The molecular formula is C56H107NO8. The van der Waals surface area contributed by atoms with Crippen LogP contribution in [0.5, 0.6) is 0 Å². The number of carbonyl (C=O) groups is 1. The standard InChI is InChI=1S/C56H107NO8/c1-3-5-7-9-11-13-15-17-19-20-21-22-23-24-25-26-27-28-29-30-31-32-34-36-38-40-42-44-46-52(60)57-49(48-64-56-55(63)54(62)53(61)51(47-58)65-56)50(59)45-43-41-39-37-35-33-18-16-14-12-10-8-6-4-2/h24-25,43,45,49-51,53-56,58-59,61-63H,3-23,26-42,44,46-48H2,1-2H3,(H,57,60)/b25-24-,45-43+. The minimum atomic E-state index is -1.56. The molecule has 0 saturated carbocycles. The Kier molecular flexibility index (Phi) is 44.0. The van der Waals surface area contributed by atoms with Crippen LogP contribution in [-0.4, -0.2) is 87.5 Å². The summed E-state index contributed by atoms with van der Waals surface area (Å²) in [6.07, 6.45) is 51.0. The number of allylic oxidation sites excluding steroid dienone is 3. The van der Waals surface area contributed by atoms with Crippen molar-refractivity contribution in [1.82, 2.24) is 5.32 Å². The lowest BCUT2D eigenvalue weighted by Gasteiger charge is -2.40. The van der Waals surface area contributed by atoms with Crippen molar-refractivity contribution in [3.63, 3.8) is 0 Å². The number of unbranched alkanes of at least 4 members (excludes halogenated alkanes) is 36. The van der Waals surface area contributed by atoms with Crippen molar-refractivity contribution in [3.05, 3.63) is 24.3 Å². The monoisotopic (exact) mass is 922 g/mol. The molecule has 1 aliphatic rings. The summed E-state index contributed by atoms with van der Waals surface area (Å²) in [5.74, 6) is -0.174. The van der Waals surface area contributed by atoms with Crippen LogP contribution in [0.4, 0.5) is 0 Å². The number of carbonyl (C=O) groups excluding carboxylic acids is 1. The zero-order valence-corrected chi connectivity index (χ0v) is 42.5. The summed E-state index contributed by atoms with van der Waals surface area (Å²) in [6, 6.07) is -0.802. The Labute approximate surface area is 400 Å². The molecule has 1 rings (SSSR count). The predicted octanol–water partition coefficient (Wildman–Crippen LogP) is 13.4. The fourth-order valence-electron chi connectivity index (χ4n) is 9.04. The van der Waals surface area contributed by atoms with E-state index in [2.05, 4.69) is 31.3 Å². The SMILES string of the molecule is CCCCCCCCCCCCCC/C=C\CCCCCCCCCCCCCCC(=O)NC(COC1OC(CO)C(O)C(O)C1O)C(O)/C=C/CCCCCCCCCCCCCC. The highest BCUT2D eigenvalue weighted by Crippen LogP contribution is 2.23. The molecule has 9 nitrogen and oxygen atoms in total. The first-order chi connectivity index (χ1) is 31.8. The Morgan fingerprint density at radius 2 is 0.862 bits per heavy atom. The molecule has 0 radical (unpaired) electrons. The predicted molar refractivity (Wildman–Crippen MR) is 272 cm³/mol. The van der Waals surface area contributed by atoms with Crippen LogP contribution < -0.4 is 5.32 Å². The zero-order chi connectivity index (χ0) is 47.3. The second-order valence-corrected chi connectivity index (χ2v) is 19.7. The van der Waals surface area contributed by atoms with E-state index in [0.717, 1.165) is 38.5 Å². The molecule has 7 atom stereocenters. The van der Waals surface area contributed by atoms with E-state index < -0.39 is 49.5 Å². The van der Waals surface area contributed by atoms with Crippen LogP contribution in [0.2, 0.25) is 0 Å². The van der Waals surface area contributed by atoms with Crippen LogP contribution in [0, 0.1) is 0 Å². The third-order valence-electron chi connectivity index (χ3n) is 13.5. The molecule has 0 spiro atoms. The number of rotatable bonds is 48. The van der Waals surface area contributed by atoms with Crippen molar-refractivity contribution in [1.29, 1.82) is 0 Å². The van der Waals surface area contributed by atoms with Gasteiger partial charge in [0.1, 0.15) is 24.4 Å². The van der Waals surface area contributed by atoms with Gasteiger partial charge in [-0.25, -0.2) is 0 Å². The number of nitrogens with one attached hydrogen (secondary N) is 1. The molecule has 1 saturated heterocycles. The Hall–Kier alpha value is -1.33. The van der Waals surface area contributed by atoms with E-state index in [4.69, 9.17) is 9.47 Å². The average Bonchev–Trinajstić information content (AvgIpc) is 3.31. The highest BCUT2D eigenvalue weighted by atomic mass is 16.7. The number of aliphatic hydroxyl groups is 5. The highest BCUT2D eigenvalue weighted by molar-refractivity contribution is 5.76.